The third-order valence-corrected chi connectivity index (χ3v) is 3.69. The normalized spacial score (nSPS) is 10.2. The van der Waals surface area contributed by atoms with Crippen molar-refractivity contribution in [2.45, 2.75) is 13.5 Å². The molecule has 1 amide bonds. The van der Waals surface area contributed by atoms with Gasteiger partial charge < -0.3 is 14.4 Å². The highest BCUT2D eigenvalue weighted by atomic mass is 16.6. The van der Waals surface area contributed by atoms with Gasteiger partial charge in [-0.05, 0) is 24.6 Å². The number of para-hydroxylation sites is 1. The average Bonchev–Trinajstić information content (AvgIpc) is 2.59. The van der Waals surface area contributed by atoms with Gasteiger partial charge in [0.2, 0.25) is 0 Å². The molecule has 0 aliphatic carbocycles. The van der Waals surface area contributed by atoms with Crippen LogP contribution in [0, 0.1) is 17.0 Å². The zero-order chi connectivity index (χ0) is 18.4. The molecule has 0 spiro atoms. The third-order valence-electron chi connectivity index (χ3n) is 3.69. The number of amides is 1. The number of nitro benzene ring substituents is 1. The number of hydrogen-bond donors (Lipinski definition) is 0. The summed E-state index contributed by atoms with van der Waals surface area (Å²) >= 11 is 0. The lowest BCUT2D eigenvalue weighted by molar-refractivity contribution is -0.385. The molecule has 0 radical (unpaired) electrons. The summed E-state index contributed by atoms with van der Waals surface area (Å²) in [4.78, 5) is 24.3. The summed E-state index contributed by atoms with van der Waals surface area (Å²) in [7, 11) is 3.21. The van der Waals surface area contributed by atoms with Crippen LogP contribution in [0.2, 0.25) is 0 Å². The van der Waals surface area contributed by atoms with Gasteiger partial charge in [-0.15, -0.1) is 0 Å². The third kappa shape index (κ3) is 4.69. The van der Waals surface area contributed by atoms with Crippen molar-refractivity contribution in [1.29, 1.82) is 0 Å². The zero-order valence-electron chi connectivity index (χ0n) is 14.4. The second-order valence-corrected chi connectivity index (χ2v) is 5.58. The van der Waals surface area contributed by atoms with Crippen molar-refractivity contribution in [2.24, 2.45) is 0 Å². The predicted octanol–water partition coefficient (Wildman–Crippen LogP) is 2.95. The monoisotopic (exact) mass is 344 g/mol. The van der Waals surface area contributed by atoms with Crippen LogP contribution in [0.5, 0.6) is 11.5 Å². The summed E-state index contributed by atoms with van der Waals surface area (Å²) in [5, 5.41) is 11.0. The first-order valence-electron chi connectivity index (χ1n) is 7.66. The van der Waals surface area contributed by atoms with Crippen LogP contribution < -0.4 is 9.47 Å². The van der Waals surface area contributed by atoms with Crippen LogP contribution in [0.25, 0.3) is 0 Å². The minimum absolute atomic E-state index is 0.0871. The molecule has 0 atom stereocenters. The fraction of sp³-hybridized carbons (Fsp3) is 0.278. The quantitative estimate of drug-likeness (QED) is 0.570. The Morgan fingerprint density at radius 2 is 1.92 bits per heavy atom. The molecule has 0 aliphatic heterocycles. The summed E-state index contributed by atoms with van der Waals surface area (Å²) in [5.74, 6) is 0.489. The van der Waals surface area contributed by atoms with Crippen molar-refractivity contribution in [3.05, 3.63) is 63.7 Å². The van der Waals surface area contributed by atoms with Gasteiger partial charge in [0.1, 0.15) is 5.75 Å². The molecule has 0 unspecified atom stereocenters. The van der Waals surface area contributed by atoms with Gasteiger partial charge in [0.05, 0.1) is 12.0 Å². The summed E-state index contributed by atoms with van der Waals surface area (Å²) in [6, 6.07) is 11.9. The van der Waals surface area contributed by atoms with Crippen molar-refractivity contribution in [3.8, 4) is 11.5 Å². The number of aryl methyl sites for hydroxylation is 1. The van der Waals surface area contributed by atoms with Crippen LogP contribution in [-0.2, 0) is 11.3 Å². The number of rotatable bonds is 7. The molecule has 2 aromatic carbocycles. The maximum Gasteiger partial charge on any atom is 0.310 e. The Morgan fingerprint density at radius 1 is 1.20 bits per heavy atom. The molecule has 2 aromatic rings. The predicted molar refractivity (Wildman–Crippen MR) is 92.8 cm³/mol. The molecular weight excluding hydrogens is 324 g/mol. The van der Waals surface area contributed by atoms with E-state index in [1.807, 2.05) is 24.3 Å². The van der Waals surface area contributed by atoms with Crippen molar-refractivity contribution in [2.75, 3.05) is 20.8 Å². The van der Waals surface area contributed by atoms with Gasteiger partial charge in [0.25, 0.3) is 5.91 Å². The summed E-state index contributed by atoms with van der Waals surface area (Å²) < 4.78 is 10.7. The second-order valence-electron chi connectivity index (χ2n) is 5.58. The van der Waals surface area contributed by atoms with Crippen LogP contribution in [-0.4, -0.2) is 36.5 Å². The first-order chi connectivity index (χ1) is 11.9. The lowest BCUT2D eigenvalue weighted by Crippen LogP contribution is -2.31. The maximum atomic E-state index is 12.3. The fourth-order valence-corrected chi connectivity index (χ4v) is 2.31. The molecule has 132 valence electrons. The smallest absolute Gasteiger partial charge is 0.310 e. The SMILES string of the molecule is COc1ccccc1CN(C)C(=O)COc1cc(C)ccc1[N+](=O)[O-]. The minimum atomic E-state index is -0.530. The van der Waals surface area contributed by atoms with Crippen LogP contribution in [0.1, 0.15) is 11.1 Å². The summed E-state index contributed by atoms with van der Waals surface area (Å²) in [6.45, 7) is 1.87. The van der Waals surface area contributed by atoms with E-state index >= 15 is 0 Å². The Balaban J connectivity index is 2.03. The number of nitrogens with zero attached hydrogens (tertiary/aromatic N) is 2. The first kappa shape index (κ1) is 18.3. The molecule has 25 heavy (non-hydrogen) atoms. The average molecular weight is 344 g/mol. The molecular formula is C18H20N2O5. The molecule has 7 nitrogen and oxygen atoms in total. The highest BCUT2D eigenvalue weighted by Crippen LogP contribution is 2.27. The molecule has 0 bridgehead atoms. The number of methoxy groups -OCH3 is 1. The Bertz CT molecular complexity index is 776. The number of likely N-dealkylation sites (N-methyl/N-ethyl adjacent to an activating group) is 1. The van der Waals surface area contributed by atoms with E-state index in [0.29, 0.717) is 12.3 Å². The van der Waals surface area contributed by atoms with Crippen LogP contribution in [0.15, 0.2) is 42.5 Å². The standard InChI is InChI=1S/C18H20N2O5/c1-13-8-9-15(20(22)23)17(10-13)25-12-18(21)19(2)11-14-6-4-5-7-16(14)24-3/h4-10H,11-12H2,1-3H3. The van der Waals surface area contributed by atoms with Gasteiger partial charge in [-0.1, -0.05) is 24.3 Å². The molecule has 0 heterocycles. The topological polar surface area (TPSA) is 81.9 Å². The van der Waals surface area contributed by atoms with Crippen LogP contribution in [0.4, 0.5) is 5.69 Å². The second kappa shape index (κ2) is 8.14. The van der Waals surface area contributed by atoms with Gasteiger partial charge in [-0.3, -0.25) is 14.9 Å². The number of nitro groups is 1. The zero-order valence-corrected chi connectivity index (χ0v) is 14.4. The lowest BCUT2D eigenvalue weighted by atomic mass is 10.2. The van der Waals surface area contributed by atoms with Gasteiger partial charge >= 0.3 is 5.69 Å². The Labute approximate surface area is 145 Å². The van der Waals surface area contributed by atoms with Crippen LogP contribution >= 0.6 is 0 Å². The molecule has 2 rings (SSSR count). The highest BCUT2D eigenvalue weighted by Gasteiger charge is 2.18. The van der Waals surface area contributed by atoms with Gasteiger partial charge in [0.15, 0.2) is 12.4 Å². The van der Waals surface area contributed by atoms with E-state index in [9.17, 15) is 14.9 Å². The van der Waals surface area contributed by atoms with Crippen molar-refractivity contribution >= 4 is 11.6 Å². The summed E-state index contributed by atoms with van der Waals surface area (Å²) in [6.07, 6.45) is 0. The molecule has 0 aromatic heterocycles. The lowest BCUT2D eigenvalue weighted by Gasteiger charge is -2.19. The molecule has 0 fully saturated rings. The molecule has 7 heteroatoms. The van der Waals surface area contributed by atoms with E-state index in [0.717, 1.165) is 11.1 Å². The van der Waals surface area contributed by atoms with Crippen molar-refractivity contribution in [3.63, 3.8) is 0 Å². The maximum absolute atomic E-state index is 12.3. The molecule has 0 aliphatic rings. The number of carbonyl (C=O) groups is 1. The summed E-state index contributed by atoms with van der Waals surface area (Å²) in [5.41, 5.74) is 1.52. The number of carbonyl (C=O) groups excluding carboxylic acids is 1. The van der Waals surface area contributed by atoms with E-state index in [1.165, 1.54) is 11.0 Å². The molecule has 0 saturated heterocycles. The number of ether oxygens (including phenoxy) is 2. The first-order valence-corrected chi connectivity index (χ1v) is 7.66. The Kier molecular flexibility index (Phi) is 5.94. The number of hydrogen-bond acceptors (Lipinski definition) is 5. The Morgan fingerprint density at radius 3 is 2.60 bits per heavy atom. The van der Waals surface area contributed by atoms with E-state index < -0.39 is 4.92 Å². The van der Waals surface area contributed by atoms with E-state index in [1.54, 1.807) is 33.2 Å². The Hall–Kier alpha value is -3.09. The molecule has 0 saturated carbocycles. The minimum Gasteiger partial charge on any atom is -0.496 e. The van der Waals surface area contributed by atoms with E-state index in [4.69, 9.17) is 9.47 Å². The van der Waals surface area contributed by atoms with Gasteiger partial charge in [-0.2, -0.15) is 0 Å². The van der Waals surface area contributed by atoms with Crippen molar-refractivity contribution in [1.82, 2.24) is 4.90 Å². The fourth-order valence-electron chi connectivity index (χ4n) is 2.31. The molecule has 0 N–H and O–H groups in total. The highest BCUT2D eigenvalue weighted by molar-refractivity contribution is 5.77. The van der Waals surface area contributed by atoms with Crippen LogP contribution in [0.3, 0.4) is 0 Å². The van der Waals surface area contributed by atoms with Gasteiger partial charge in [-0.25, -0.2) is 0 Å². The number of benzene rings is 2. The van der Waals surface area contributed by atoms with E-state index in [-0.39, 0.29) is 24.0 Å². The largest absolute Gasteiger partial charge is 0.496 e. The van der Waals surface area contributed by atoms with E-state index in [2.05, 4.69) is 0 Å². The van der Waals surface area contributed by atoms with Gasteiger partial charge in [0, 0.05) is 25.2 Å². The van der Waals surface area contributed by atoms with Crippen molar-refractivity contribution < 1.29 is 19.2 Å².